The van der Waals surface area contributed by atoms with Crippen LogP contribution in [0.15, 0.2) is 41.2 Å². The van der Waals surface area contributed by atoms with Crippen LogP contribution in [-0.4, -0.2) is 16.9 Å². The predicted octanol–water partition coefficient (Wildman–Crippen LogP) is 2.11. The highest BCUT2D eigenvalue weighted by Gasteiger charge is 2.17. The summed E-state index contributed by atoms with van der Waals surface area (Å²) in [6.45, 7) is 1.22. The second-order valence-corrected chi connectivity index (χ2v) is 4.52. The van der Waals surface area contributed by atoms with Crippen molar-refractivity contribution in [1.82, 2.24) is 4.90 Å². The Kier molecular flexibility index (Phi) is 4.34. The van der Waals surface area contributed by atoms with Crippen molar-refractivity contribution in [2.75, 3.05) is 12.5 Å². The van der Waals surface area contributed by atoms with Gasteiger partial charge in [-0.25, -0.2) is 0 Å². The molecular weight excluding hydrogens is 260 g/mol. The molecule has 0 aliphatic carbocycles. The maximum Gasteiger partial charge on any atom is 0.293 e. The molecule has 0 saturated carbocycles. The molecule has 20 heavy (non-hydrogen) atoms. The minimum atomic E-state index is -0.450. The number of nitrogens with two attached hydrogens (primary N) is 1. The van der Waals surface area contributed by atoms with Crippen molar-refractivity contribution in [3.63, 3.8) is 0 Å². The zero-order valence-electron chi connectivity index (χ0n) is 11.1. The smallest absolute Gasteiger partial charge is 0.293 e. The van der Waals surface area contributed by atoms with Crippen LogP contribution in [0.5, 0.6) is 0 Å². The van der Waals surface area contributed by atoms with Gasteiger partial charge in [-0.2, -0.15) is 0 Å². The summed E-state index contributed by atoms with van der Waals surface area (Å²) in [6.07, 6.45) is 3.29. The molecule has 0 spiro atoms. The lowest BCUT2D eigenvalue weighted by Crippen LogP contribution is -2.19. The third-order valence-electron chi connectivity index (χ3n) is 2.94. The Morgan fingerprint density at radius 1 is 1.40 bits per heavy atom. The van der Waals surface area contributed by atoms with Gasteiger partial charge >= 0.3 is 0 Å². The number of hydrogen-bond donors (Lipinski definition) is 2. The standard InChI is InChI=1S/C13H16N4O3/c1-16(7-10-5-6-20-9-10)8-11-3-2-4-12(17(18)19)13(11)15-14/h2-6,9,15H,7-8,14H2,1H3. The van der Waals surface area contributed by atoms with Gasteiger partial charge in [-0.3, -0.25) is 20.9 Å². The van der Waals surface area contributed by atoms with Crippen molar-refractivity contribution in [3.05, 3.63) is 58.0 Å². The predicted molar refractivity (Wildman–Crippen MR) is 74.8 cm³/mol. The minimum absolute atomic E-state index is 0.0262. The van der Waals surface area contributed by atoms with E-state index in [0.717, 1.165) is 11.1 Å². The lowest BCUT2D eigenvalue weighted by atomic mass is 10.1. The Bertz CT molecular complexity index is 583. The number of anilines is 1. The molecule has 0 saturated heterocycles. The van der Waals surface area contributed by atoms with E-state index in [2.05, 4.69) is 5.43 Å². The van der Waals surface area contributed by atoms with Crippen molar-refractivity contribution in [3.8, 4) is 0 Å². The molecule has 2 rings (SSSR count). The van der Waals surface area contributed by atoms with Gasteiger partial charge in [-0.15, -0.1) is 0 Å². The van der Waals surface area contributed by atoms with Gasteiger partial charge < -0.3 is 9.84 Å². The van der Waals surface area contributed by atoms with Crippen molar-refractivity contribution < 1.29 is 9.34 Å². The Morgan fingerprint density at radius 2 is 2.20 bits per heavy atom. The van der Waals surface area contributed by atoms with Crippen LogP contribution in [0.1, 0.15) is 11.1 Å². The molecule has 0 amide bonds. The topological polar surface area (TPSA) is 97.6 Å². The molecule has 106 valence electrons. The number of nitro benzene ring substituents is 1. The molecule has 0 radical (unpaired) electrons. The van der Waals surface area contributed by atoms with Gasteiger partial charge in [0, 0.05) is 24.7 Å². The summed E-state index contributed by atoms with van der Waals surface area (Å²) in [6, 6.07) is 6.77. The molecular formula is C13H16N4O3. The molecule has 1 aromatic carbocycles. The van der Waals surface area contributed by atoms with Gasteiger partial charge in [0.1, 0.15) is 5.69 Å². The fourth-order valence-corrected chi connectivity index (χ4v) is 2.08. The zero-order chi connectivity index (χ0) is 14.5. The van der Waals surface area contributed by atoms with Crippen molar-refractivity contribution >= 4 is 11.4 Å². The normalized spacial score (nSPS) is 10.8. The van der Waals surface area contributed by atoms with E-state index in [1.54, 1.807) is 18.6 Å². The first-order valence-corrected chi connectivity index (χ1v) is 6.04. The number of benzene rings is 1. The lowest BCUT2D eigenvalue weighted by Gasteiger charge is -2.17. The Hall–Kier alpha value is -2.38. The van der Waals surface area contributed by atoms with Gasteiger partial charge in [0.15, 0.2) is 0 Å². The van der Waals surface area contributed by atoms with E-state index in [1.807, 2.05) is 24.1 Å². The van der Waals surface area contributed by atoms with Crippen LogP contribution >= 0.6 is 0 Å². The Morgan fingerprint density at radius 3 is 2.80 bits per heavy atom. The van der Waals surface area contributed by atoms with Crippen LogP contribution in [0.3, 0.4) is 0 Å². The van der Waals surface area contributed by atoms with Gasteiger partial charge in [-0.1, -0.05) is 12.1 Å². The van der Waals surface area contributed by atoms with E-state index < -0.39 is 4.92 Å². The molecule has 1 heterocycles. The molecule has 0 fully saturated rings. The summed E-state index contributed by atoms with van der Waals surface area (Å²) in [5.41, 5.74) is 4.55. The van der Waals surface area contributed by atoms with E-state index in [0.29, 0.717) is 18.8 Å². The molecule has 2 aromatic rings. The highest BCUT2D eigenvalue weighted by atomic mass is 16.6. The summed E-state index contributed by atoms with van der Waals surface area (Å²) in [4.78, 5) is 12.5. The van der Waals surface area contributed by atoms with Crippen molar-refractivity contribution in [2.45, 2.75) is 13.1 Å². The average molecular weight is 276 g/mol. The number of rotatable bonds is 6. The maximum absolute atomic E-state index is 11.0. The summed E-state index contributed by atoms with van der Waals surface area (Å²) in [7, 11) is 1.92. The number of nitrogen functional groups attached to an aromatic ring is 1. The zero-order valence-corrected chi connectivity index (χ0v) is 11.1. The summed E-state index contributed by atoms with van der Waals surface area (Å²) in [5, 5.41) is 11.0. The fraction of sp³-hybridized carbons (Fsp3) is 0.231. The lowest BCUT2D eigenvalue weighted by molar-refractivity contribution is -0.384. The van der Waals surface area contributed by atoms with E-state index in [9.17, 15) is 10.1 Å². The molecule has 7 nitrogen and oxygen atoms in total. The number of furan rings is 1. The van der Waals surface area contributed by atoms with E-state index in [-0.39, 0.29) is 5.69 Å². The highest BCUT2D eigenvalue weighted by Crippen LogP contribution is 2.28. The van der Waals surface area contributed by atoms with Crippen LogP contribution < -0.4 is 11.3 Å². The number of nitrogens with one attached hydrogen (secondary N) is 1. The summed E-state index contributed by atoms with van der Waals surface area (Å²) >= 11 is 0. The molecule has 0 unspecified atom stereocenters. The number of para-hydroxylation sites is 1. The quantitative estimate of drug-likeness (QED) is 0.476. The number of hydrogen-bond acceptors (Lipinski definition) is 6. The largest absolute Gasteiger partial charge is 0.472 e. The SMILES string of the molecule is CN(Cc1ccoc1)Cc1cccc([N+](=O)[O-])c1NN. The van der Waals surface area contributed by atoms with E-state index >= 15 is 0 Å². The molecule has 3 N–H and O–H groups in total. The number of hydrazine groups is 1. The third kappa shape index (κ3) is 3.14. The van der Waals surface area contributed by atoms with Crippen LogP contribution in [0.4, 0.5) is 11.4 Å². The second kappa shape index (κ2) is 6.18. The van der Waals surface area contributed by atoms with E-state index in [4.69, 9.17) is 10.3 Å². The highest BCUT2D eigenvalue weighted by molar-refractivity contribution is 5.65. The fourth-order valence-electron chi connectivity index (χ4n) is 2.08. The van der Waals surface area contributed by atoms with Crippen LogP contribution in [0.25, 0.3) is 0 Å². The van der Waals surface area contributed by atoms with Gasteiger partial charge in [0.25, 0.3) is 5.69 Å². The van der Waals surface area contributed by atoms with Gasteiger partial charge in [0.05, 0.1) is 17.4 Å². The first-order chi connectivity index (χ1) is 9.61. The molecule has 7 heteroatoms. The van der Waals surface area contributed by atoms with Gasteiger partial charge in [-0.05, 0) is 18.7 Å². The second-order valence-electron chi connectivity index (χ2n) is 4.52. The minimum Gasteiger partial charge on any atom is -0.472 e. The Balaban J connectivity index is 2.16. The average Bonchev–Trinajstić information content (AvgIpc) is 2.91. The monoisotopic (exact) mass is 276 g/mol. The molecule has 0 atom stereocenters. The first kappa shape index (κ1) is 14.0. The molecule has 1 aromatic heterocycles. The first-order valence-electron chi connectivity index (χ1n) is 6.04. The number of nitrogens with zero attached hydrogens (tertiary/aromatic N) is 2. The summed E-state index contributed by atoms with van der Waals surface area (Å²) < 4.78 is 5.01. The Labute approximate surface area is 116 Å². The van der Waals surface area contributed by atoms with Crippen LogP contribution in [0.2, 0.25) is 0 Å². The van der Waals surface area contributed by atoms with Gasteiger partial charge in [0.2, 0.25) is 0 Å². The van der Waals surface area contributed by atoms with Crippen LogP contribution in [-0.2, 0) is 13.1 Å². The van der Waals surface area contributed by atoms with Crippen molar-refractivity contribution in [2.24, 2.45) is 5.84 Å². The molecule has 0 aliphatic rings. The van der Waals surface area contributed by atoms with E-state index in [1.165, 1.54) is 6.07 Å². The number of nitro groups is 1. The van der Waals surface area contributed by atoms with Crippen molar-refractivity contribution in [1.29, 1.82) is 0 Å². The molecule has 0 aliphatic heterocycles. The maximum atomic E-state index is 11.0. The molecule has 0 bridgehead atoms. The third-order valence-corrected chi connectivity index (χ3v) is 2.94. The summed E-state index contributed by atoms with van der Waals surface area (Å²) in [5.74, 6) is 5.41. The van der Waals surface area contributed by atoms with Crippen LogP contribution in [0, 0.1) is 10.1 Å².